The Kier molecular flexibility index (Phi) is 4.80. The van der Waals surface area contributed by atoms with Gasteiger partial charge >= 0.3 is 6.03 Å². The van der Waals surface area contributed by atoms with Gasteiger partial charge in [0.25, 0.3) is 0 Å². The first kappa shape index (κ1) is 14.3. The average Bonchev–Trinajstić information content (AvgIpc) is 2.09. The SMILES string of the molecule is CCCNC(=O)N1CC(S(=O)(=O)CC(C)C)C1. The number of hydrogen-bond acceptors (Lipinski definition) is 3. The van der Waals surface area contributed by atoms with Crippen LogP contribution < -0.4 is 5.32 Å². The minimum atomic E-state index is -3.03. The number of hydrogen-bond donors (Lipinski definition) is 1. The molecule has 1 rings (SSSR count). The van der Waals surface area contributed by atoms with Crippen LogP contribution in [0.2, 0.25) is 0 Å². The lowest BCUT2D eigenvalue weighted by atomic mass is 10.2. The van der Waals surface area contributed by atoms with Gasteiger partial charge in [0.15, 0.2) is 9.84 Å². The zero-order valence-electron chi connectivity index (χ0n) is 10.8. The monoisotopic (exact) mass is 262 g/mol. The quantitative estimate of drug-likeness (QED) is 0.799. The summed E-state index contributed by atoms with van der Waals surface area (Å²) >= 11 is 0. The Morgan fingerprint density at radius 2 is 2.00 bits per heavy atom. The van der Waals surface area contributed by atoms with Gasteiger partial charge in [-0.15, -0.1) is 0 Å². The van der Waals surface area contributed by atoms with Crippen molar-refractivity contribution in [2.24, 2.45) is 5.92 Å². The summed E-state index contributed by atoms with van der Waals surface area (Å²) in [4.78, 5) is 13.1. The molecule has 17 heavy (non-hydrogen) atoms. The van der Waals surface area contributed by atoms with Gasteiger partial charge in [0.05, 0.1) is 11.0 Å². The van der Waals surface area contributed by atoms with Crippen molar-refractivity contribution in [3.63, 3.8) is 0 Å². The first-order chi connectivity index (χ1) is 7.86. The number of sulfone groups is 1. The fourth-order valence-corrected chi connectivity index (χ4v) is 3.79. The summed E-state index contributed by atoms with van der Waals surface area (Å²) in [5.41, 5.74) is 0. The molecule has 0 aliphatic carbocycles. The highest BCUT2D eigenvalue weighted by atomic mass is 32.2. The fourth-order valence-electron chi connectivity index (χ4n) is 1.78. The minimum Gasteiger partial charge on any atom is -0.338 e. The van der Waals surface area contributed by atoms with Gasteiger partial charge in [0.1, 0.15) is 0 Å². The molecule has 1 aliphatic heterocycles. The van der Waals surface area contributed by atoms with Crippen molar-refractivity contribution in [3.05, 3.63) is 0 Å². The summed E-state index contributed by atoms with van der Waals surface area (Å²) in [6.07, 6.45) is 0.884. The van der Waals surface area contributed by atoms with E-state index in [1.807, 2.05) is 20.8 Å². The smallest absolute Gasteiger partial charge is 0.317 e. The molecule has 1 saturated heterocycles. The second-order valence-corrected chi connectivity index (χ2v) is 7.31. The molecular formula is C11H22N2O3S. The van der Waals surface area contributed by atoms with Gasteiger partial charge in [-0.1, -0.05) is 20.8 Å². The van der Waals surface area contributed by atoms with E-state index in [0.29, 0.717) is 19.6 Å². The zero-order valence-corrected chi connectivity index (χ0v) is 11.6. The van der Waals surface area contributed by atoms with E-state index < -0.39 is 9.84 Å². The summed E-state index contributed by atoms with van der Waals surface area (Å²) in [5, 5.41) is 2.38. The molecular weight excluding hydrogens is 240 g/mol. The van der Waals surface area contributed by atoms with Crippen molar-refractivity contribution in [1.82, 2.24) is 10.2 Å². The van der Waals surface area contributed by atoms with Gasteiger partial charge in [-0.05, 0) is 12.3 Å². The predicted octanol–water partition coefficient (Wildman–Crippen LogP) is 0.861. The molecule has 0 aromatic rings. The maximum Gasteiger partial charge on any atom is 0.317 e. The van der Waals surface area contributed by atoms with Crippen LogP contribution in [0.5, 0.6) is 0 Å². The summed E-state index contributed by atoms with van der Waals surface area (Å²) in [7, 11) is -3.03. The largest absolute Gasteiger partial charge is 0.338 e. The van der Waals surface area contributed by atoms with Gasteiger partial charge in [-0.2, -0.15) is 0 Å². The van der Waals surface area contributed by atoms with E-state index in [1.165, 1.54) is 0 Å². The molecule has 100 valence electrons. The summed E-state index contributed by atoms with van der Waals surface area (Å²) in [6, 6.07) is -0.150. The maximum atomic E-state index is 11.8. The standard InChI is InChI=1S/C11H22N2O3S/c1-4-5-12-11(14)13-6-10(7-13)17(15,16)8-9(2)3/h9-10H,4-8H2,1-3H3,(H,12,14). The second-order valence-electron chi connectivity index (χ2n) is 4.98. The van der Waals surface area contributed by atoms with Crippen molar-refractivity contribution in [2.45, 2.75) is 32.4 Å². The van der Waals surface area contributed by atoms with E-state index >= 15 is 0 Å². The molecule has 0 aromatic heterocycles. The topological polar surface area (TPSA) is 66.5 Å². The molecule has 0 saturated carbocycles. The number of carbonyl (C=O) groups excluding carboxylic acids is 1. The highest BCUT2D eigenvalue weighted by Crippen LogP contribution is 2.18. The lowest BCUT2D eigenvalue weighted by Gasteiger charge is -2.38. The van der Waals surface area contributed by atoms with Crippen molar-refractivity contribution in [3.8, 4) is 0 Å². The number of nitrogens with zero attached hydrogens (tertiary/aromatic N) is 1. The van der Waals surface area contributed by atoms with Crippen molar-refractivity contribution in [1.29, 1.82) is 0 Å². The number of urea groups is 1. The number of nitrogens with one attached hydrogen (secondary N) is 1. The Morgan fingerprint density at radius 1 is 1.41 bits per heavy atom. The Bertz CT molecular complexity index is 359. The first-order valence-electron chi connectivity index (χ1n) is 6.11. The number of amides is 2. The maximum absolute atomic E-state index is 11.8. The third-order valence-corrected chi connectivity index (χ3v) is 5.18. The lowest BCUT2D eigenvalue weighted by Crippen LogP contribution is -2.60. The van der Waals surface area contributed by atoms with Gasteiger partial charge in [-0.3, -0.25) is 0 Å². The van der Waals surface area contributed by atoms with Crippen LogP contribution in [0.4, 0.5) is 4.79 Å². The Labute approximate surface area is 103 Å². The molecule has 5 nitrogen and oxygen atoms in total. The van der Waals surface area contributed by atoms with Gasteiger partial charge in [0.2, 0.25) is 0 Å². The van der Waals surface area contributed by atoms with Gasteiger partial charge in [0, 0.05) is 19.6 Å². The predicted molar refractivity (Wildman–Crippen MR) is 67.7 cm³/mol. The Morgan fingerprint density at radius 3 is 2.47 bits per heavy atom. The molecule has 1 fully saturated rings. The van der Waals surface area contributed by atoms with Crippen LogP contribution in [0.15, 0.2) is 0 Å². The normalized spacial score (nSPS) is 17.1. The van der Waals surface area contributed by atoms with E-state index in [0.717, 1.165) is 6.42 Å². The lowest BCUT2D eigenvalue weighted by molar-refractivity contribution is 0.169. The molecule has 0 aromatic carbocycles. The second kappa shape index (κ2) is 5.71. The summed E-state index contributed by atoms with van der Waals surface area (Å²) < 4.78 is 23.7. The summed E-state index contributed by atoms with van der Waals surface area (Å²) in [5.74, 6) is 0.352. The van der Waals surface area contributed by atoms with Crippen LogP contribution in [0.1, 0.15) is 27.2 Å². The van der Waals surface area contributed by atoms with Gasteiger partial charge in [-0.25, -0.2) is 13.2 Å². The third kappa shape index (κ3) is 3.87. The zero-order chi connectivity index (χ0) is 13.1. The first-order valence-corrected chi connectivity index (χ1v) is 7.82. The highest BCUT2D eigenvalue weighted by molar-refractivity contribution is 7.92. The number of likely N-dealkylation sites (tertiary alicyclic amines) is 1. The van der Waals surface area contributed by atoms with E-state index in [1.54, 1.807) is 4.90 Å². The average molecular weight is 262 g/mol. The molecule has 0 spiro atoms. The Hall–Kier alpha value is -0.780. The van der Waals surface area contributed by atoms with E-state index in [9.17, 15) is 13.2 Å². The van der Waals surface area contributed by atoms with Crippen LogP contribution in [-0.2, 0) is 9.84 Å². The molecule has 1 N–H and O–H groups in total. The van der Waals surface area contributed by atoms with E-state index in [4.69, 9.17) is 0 Å². The fraction of sp³-hybridized carbons (Fsp3) is 0.909. The molecule has 0 radical (unpaired) electrons. The molecule has 2 amide bonds. The Balaban J connectivity index is 2.38. The van der Waals surface area contributed by atoms with Gasteiger partial charge < -0.3 is 10.2 Å². The third-order valence-electron chi connectivity index (χ3n) is 2.73. The molecule has 1 heterocycles. The van der Waals surface area contributed by atoms with E-state index in [-0.39, 0.29) is 23.0 Å². The van der Waals surface area contributed by atoms with E-state index in [2.05, 4.69) is 5.32 Å². The molecule has 0 atom stereocenters. The van der Waals surface area contributed by atoms with Crippen LogP contribution in [-0.4, -0.2) is 50.0 Å². The number of rotatable bonds is 5. The number of carbonyl (C=O) groups is 1. The molecule has 0 bridgehead atoms. The molecule has 1 aliphatic rings. The highest BCUT2D eigenvalue weighted by Gasteiger charge is 2.39. The van der Waals surface area contributed by atoms with Crippen LogP contribution in [0, 0.1) is 5.92 Å². The minimum absolute atomic E-state index is 0.142. The molecule has 0 unspecified atom stereocenters. The summed E-state index contributed by atoms with van der Waals surface area (Å²) in [6.45, 7) is 7.07. The van der Waals surface area contributed by atoms with Crippen molar-refractivity contribution >= 4 is 15.9 Å². The van der Waals surface area contributed by atoms with Crippen LogP contribution in [0.25, 0.3) is 0 Å². The van der Waals surface area contributed by atoms with Crippen LogP contribution >= 0.6 is 0 Å². The molecule has 6 heteroatoms. The van der Waals surface area contributed by atoms with Crippen molar-refractivity contribution < 1.29 is 13.2 Å². The van der Waals surface area contributed by atoms with Crippen molar-refractivity contribution in [2.75, 3.05) is 25.4 Å². The van der Waals surface area contributed by atoms with Crippen LogP contribution in [0.3, 0.4) is 0 Å².